The predicted molar refractivity (Wildman–Crippen MR) is 81.7 cm³/mol. The van der Waals surface area contributed by atoms with Crippen molar-refractivity contribution < 1.29 is 24.2 Å². The van der Waals surface area contributed by atoms with Crippen molar-refractivity contribution in [2.24, 2.45) is 0 Å². The van der Waals surface area contributed by atoms with E-state index in [1.54, 1.807) is 51.1 Å². The van der Waals surface area contributed by atoms with Crippen LogP contribution in [0.1, 0.15) is 32.4 Å². The van der Waals surface area contributed by atoms with E-state index in [1.807, 2.05) is 0 Å². The van der Waals surface area contributed by atoms with Crippen molar-refractivity contribution in [2.75, 3.05) is 6.54 Å². The molecule has 7 heteroatoms. The smallest absolute Gasteiger partial charge is 0.411 e. The topological polar surface area (TPSA) is 95.9 Å². The molecule has 0 radical (unpaired) electrons. The summed E-state index contributed by atoms with van der Waals surface area (Å²) in [6.07, 6.45) is -0.819. The van der Waals surface area contributed by atoms with Crippen molar-refractivity contribution in [3.05, 3.63) is 35.9 Å². The lowest BCUT2D eigenvalue weighted by Crippen LogP contribution is -2.61. The number of nitrogens with zero attached hydrogens (tertiary/aromatic N) is 1. The molecule has 1 saturated heterocycles. The number of amides is 2. The molecular formula is C16H20N2O5. The number of ether oxygens (including phenoxy) is 1. The number of carbonyl (C=O) groups is 3. The molecule has 1 aromatic rings. The largest absolute Gasteiger partial charge is 0.480 e. The van der Waals surface area contributed by atoms with Crippen LogP contribution in [0.25, 0.3) is 0 Å². The highest BCUT2D eigenvalue weighted by Crippen LogP contribution is 2.26. The van der Waals surface area contributed by atoms with Gasteiger partial charge >= 0.3 is 12.1 Å². The molecule has 124 valence electrons. The molecule has 1 aliphatic rings. The van der Waals surface area contributed by atoms with Crippen LogP contribution < -0.4 is 5.32 Å². The van der Waals surface area contributed by atoms with Crippen molar-refractivity contribution >= 4 is 18.0 Å². The average Bonchev–Trinajstić information content (AvgIpc) is 2.45. The predicted octanol–water partition coefficient (Wildman–Crippen LogP) is 1.55. The monoisotopic (exact) mass is 320 g/mol. The van der Waals surface area contributed by atoms with Gasteiger partial charge in [0.2, 0.25) is 5.91 Å². The first-order valence-corrected chi connectivity index (χ1v) is 7.26. The van der Waals surface area contributed by atoms with Gasteiger partial charge in [-0.25, -0.2) is 9.59 Å². The summed E-state index contributed by atoms with van der Waals surface area (Å²) in [5.41, 5.74) is -0.169. The maximum absolute atomic E-state index is 12.3. The van der Waals surface area contributed by atoms with E-state index in [0.29, 0.717) is 5.56 Å². The Bertz CT molecular complexity index is 609. The van der Waals surface area contributed by atoms with Crippen molar-refractivity contribution in [3.8, 4) is 0 Å². The second kappa shape index (κ2) is 6.28. The Labute approximate surface area is 134 Å². The van der Waals surface area contributed by atoms with Gasteiger partial charge in [0.25, 0.3) is 0 Å². The zero-order chi connectivity index (χ0) is 17.2. The fourth-order valence-corrected chi connectivity index (χ4v) is 2.43. The second-order valence-corrected chi connectivity index (χ2v) is 6.35. The van der Waals surface area contributed by atoms with Crippen LogP contribution in [0.15, 0.2) is 30.3 Å². The number of hydrogen-bond donors (Lipinski definition) is 2. The van der Waals surface area contributed by atoms with Gasteiger partial charge in [-0.2, -0.15) is 0 Å². The summed E-state index contributed by atoms with van der Waals surface area (Å²) in [6.45, 7) is 4.69. The second-order valence-electron chi connectivity index (χ2n) is 6.35. The highest BCUT2D eigenvalue weighted by molar-refractivity contribution is 5.90. The number of carboxylic acid groups (broad SMARTS) is 1. The molecule has 1 fully saturated rings. The van der Waals surface area contributed by atoms with E-state index < -0.39 is 35.7 Å². The fourth-order valence-electron chi connectivity index (χ4n) is 2.43. The number of nitrogens with one attached hydrogen (secondary N) is 1. The molecule has 1 aromatic carbocycles. The van der Waals surface area contributed by atoms with E-state index in [0.717, 1.165) is 4.90 Å². The summed E-state index contributed by atoms with van der Waals surface area (Å²) >= 11 is 0. The molecule has 23 heavy (non-hydrogen) atoms. The number of hydrogen-bond acceptors (Lipinski definition) is 4. The van der Waals surface area contributed by atoms with Gasteiger partial charge in [-0.3, -0.25) is 9.69 Å². The molecular weight excluding hydrogens is 300 g/mol. The Morgan fingerprint density at radius 1 is 1.26 bits per heavy atom. The van der Waals surface area contributed by atoms with Crippen LogP contribution in [-0.4, -0.2) is 46.2 Å². The minimum absolute atomic E-state index is 0.352. The third kappa shape index (κ3) is 4.00. The summed E-state index contributed by atoms with van der Waals surface area (Å²) in [7, 11) is 0. The van der Waals surface area contributed by atoms with E-state index in [1.165, 1.54) is 0 Å². The Morgan fingerprint density at radius 2 is 1.87 bits per heavy atom. The number of carbonyl (C=O) groups excluding carboxylic acids is 2. The van der Waals surface area contributed by atoms with E-state index in [-0.39, 0.29) is 6.54 Å². The number of rotatable bonds is 2. The van der Waals surface area contributed by atoms with Gasteiger partial charge in [0.15, 0.2) is 6.04 Å². The van der Waals surface area contributed by atoms with Crippen LogP contribution in [0.3, 0.4) is 0 Å². The molecule has 0 aromatic heterocycles. The van der Waals surface area contributed by atoms with Crippen molar-refractivity contribution in [1.82, 2.24) is 10.2 Å². The van der Waals surface area contributed by atoms with E-state index in [4.69, 9.17) is 4.74 Å². The lowest BCUT2D eigenvalue weighted by Gasteiger charge is -2.39. The number of benzene rings is 1. The molecule has 7 nitrogen and oxygen atoms in total. The molecule has 0 spiro atoms. The van der Waals surface area contributed by atoms with Gasteiger partial charge in [0, 0.05) is 0 Å². The fraction of sp³-hybridized carbons (Fsp3) is 0.438. The summed E-state index contributed by atoms with van der Waals surface area (Å²) < 4.78 is 5.23. The maximum Gasteiger partial charge on any atom is 0.411 e. The number of aliphatic carboxylic acids is 1. The molecule has 2 atom stereocenters. The number of carboxylic acids is 1. The zero-order valence-electron chi connectivity index (χ0n) is 13.3. The third-order valence-corrected chi connectivity index (χ3v) is 3.32. The highest BCUT2D eigenvalue weighted by Gasteiger charge is 2.44. The SMILES string of the molecule is CC(C)(C)OC(=O)N1CC(=O)N[C@H](c2ccccc2)[C@H]1C(=O)O. The summed E-state index contributed by atoms with van der Waals surface area (Å²) in [5, 5.41) is 12.2. The summed E-state index contributed by atoms with van der Waals surface area (Å²) in [6, 6.07) is 6.63. The highest BCUT2D eigenvalue weighted by atomic mass is 16.6. The van der Waals surface area contributed by atoms with Gasteiger partial charge in [-0.1, -0.05) is 30.3 Å². The Morgan fingerprint density at radius 3 is 2.39 bits per heavy atom. The maximum atomic E-state index is 12.3. The van der Waals surface area contributed by atoms with Crippen molar-refractivity contribution in [1.29, 1.82) is 0 Å². The lowest BCUT2D eigenvalue weighted by atomic mass is 9.96. The van der Waals surface area contributed by atoms with E-state index in [2.05, 4.69) is 5.32 Å². The van der Waals surface area contributed by atoms with Crippen LogP contribution >= 0.6 is 0 Å². The zero-order valence-corrected chi connectivity index (χ0v) is 13.3. The molecule has 0 saturated carbocycles. The molecule has 1 heterocycles. The molecule has 0 bridgehead atoms. The average molecular weight is 320 g/mol. The van der Waals surface area contributed by atoms with Gasteiger partial charge < -0.3 is 15.2 Å². The molecule has 2 amide bonds. The van der Waals surface area contributed by atoms with Crippen LogP contribution in [0.4, 0.5) is 4.79 Å². The van der Waals surface area contributed by atoms with Crippen molar-refractivity contribution in [2.45, 2.75) is 38.5 Å². The Balaban J connectivity index is 2.35. The van der Waals surface area contributed by atoms with Crippen LogP contribution in [0, 0.1) is 0 Å². The first-order chi connectivity index (χ1) is 10.7. The quantitative estimate of drug-likeness (QED) is 0.862. The van der Waals surface area contributed by atoms with Gasteiger partial charge in [0.05, 0.1) is 6.04 Å². The van der Waals surface area contributed by atoms with E-state index in [9.17, 15) is 19.5 Å². The van der Waals surface area contributed by atoms with Crippen LogP contribution in [0.5, 0.6) is 0 Å². The Kier molecular flexibility index (Phi) is 4.58. The first-order valence-electron chi connectivity index (χ1n) is 7.26. The first kappa shape index (κ1) is 16.8. The summed E-state index contributed by atoms with van der Waals surface area (Å²) in [5.74, 6) is -1.63. The summed E-state index contributed by atoms with van der Waals surface area (Å²) in [4.78, 5) is 36.9. The molecule has 0 unspecified atom stereocenters. The lowest BCUT2D eigenvalue weighted by molar-refractivity contribution is -0.148. The number of piperazine rings is 1. The normalized spacial score (nSPS) is 21.5. The van der Waals surface area contributed by atoms with Crippen molar-refractivity contribution in [3.63, 3.8) is 0 Å². The minimum atomic E-state index is -1.23. The molecule has 2 rings (SSSR count). The minimum Gasteiger partial charge on any atom is -0.480 e. The Hall–Kier alpha value is -2.57. The van der Waals surface area contributed by atoms with E-state index >= 15 is 0 Å². The van der Waals surface area contributed by atoms with Crippen LogP contribution in [0.2, 0.25) is 0 Å². The standard InChI is InChI=1S/C16H20N2O5/c1-16(2,3)23-15(22)18-9-11(19)17-12(13(18)14(20)21)10-7-5-4-6-8-10/h4-8,12-13H,9H2,1-3H3,(H,17,19)(H,20,21)/t12-,13+/m1/s1. The molecule has 2 N–H and O–H groups in total. The van der Waals surface area contributed by atoms with Crippen LogP contribution in [-0.2, 0) is 14.3 Å². The van der Waals surface area contributed by atoms with Gasteiger partial charge in [-0.15, -0.1) is 0 Å². The molecule has 0 aliphatic carbocycles. The van der Waals surface area contributed by atoms with Gasteiger partial charge in [-0.05, 0) is 26.3 Å². The molecule has 1 aliphatic heterocycles. The van der Waals surface area contributed by atoms with Gasteiger partial charge in [0.1, 0.15) is 12.1 Å². The third-order valence-electron chi connectivity index (χ3n) is 3.32.